The number of halogens is 1. The molecule has 0 aliphatic heterocycles. The van der Waals surface area contributed by atoms with Gasteiger partial charge in [-0.25, -0.2) is 8.42 Å². The third kappa shape index (κ3) is 2.47. The Morgan fingerprint density at radius 2 is 2.18 bits per heavy atom. The molecule has 0 radical (unpaired) electrons. The summed E-state index contributed by atoms with van der Waals surface area (Å²) in [5.41, 5.74) is -1.08. The van der Waals surface area contributed by atoms with E-state index in [9.17, 15) is 13.2 Å². The number of hydrogen-bond acceptors (Lipinski definition) is 5. The third-order valence-electron chi connectivity index (χ3n) is 2.47. The molecule has 8 heteroatoms. The van der Waals surface area contributed by atoms with Gasteiger partial charge in [0.1, 0.15) is 9.75 Å². The highest BCUT2D eigenvalue weighted by atomic mass is 35.5. The van der Waals surface area contributed by atoms with Gasteiger partial charge in [0.25, 0.3) is 10.0 Å². The number of carbonyl (C=O) groups is 1. The SMILES string of the molecule is COC(=O)C1(NS(=O)(=O)c2ccc(Cl)s2)CC1. The number of methoxy groups -OCH3 is 1. The van der Waals surface area contributed by atoms with Crippen molar-refractivity contribution < 1.29 is 17.9 Å². The van der Waals surface area contributed by atoms with Crippen molar-refractivity contribution in [1.82, 2.24) is 4.72 Å². The summed E-state index contributed by atoms with van der Waals surface area (Å²) in [6.45, 7) is 0. The number of hydrogen-bond donors (Lipinski definition) is 1. The Morgan fingerprint density at radius 3 is 2.59 bits per heavy atom. The second-order valence-corrected chi connectivity index (χ2v) is 7.36. The summed E-state index contributed by atoms with van der Waals surface area (Å²) < 4.78 is 31.3. The van der Waals surface area contributed by atoms with Gasteiger partial charge in [0.15, 0.2) is 0 Å². The van der Waals surface area contributed by atoms with Crippen LogP contribution in [0.2, 0.25) is 4.34 Å². The van der Waals surface area contributed by atoms with Gasteiger partial charge in [0.2, 0.25) is 0 Å². The van der Waals surface area contributed by atoms with Crippen LogP contribution in [0.3, 0.4) is 0 Å². The summed E-state index contributed by atoms with van der Waals surface area (Å²) in [7, 11) is -2.47. The zero-order valence-electron chi connectivity index (χ0n) is 8.90. The minimum absolute atomic E-state index is 0.0951. The standard InChI is InChI=1S/C9H10ClNO4S2/c1-15-8(12)9(4-5-9)11-17(13,14)7-3-2-6(10)16-7/h2-3,11H,4-5H2,1H3. The fourth-order valence-corrected chi connectivity index (χ4v) is 4.31. The molecule has 1 saturated carbocycles. The van der Waals surface area contributed by atoms with Crippen LogP contribution in [0.4, 0.5) is 0 Å². The summed E-state index contributed by atoms with van der Waals surface area (Å²) >= 11 is 6.62. The molecule has 1 aliphatic rings. The van der Waals surface area contributed by atoms with E-state index in [1.807, 2.05) is 0 Å². The van der Waals surface area contributed by atoms with Crippen LogP contribution in [-0.2, 0) is 19.6 Å². The van der Waals surface area contributed by atoms with E-state index >= 15 is 0 Å². The molecule has 0 atom stereocenters. The number of ether oxygens (including phenoxy) is 1. The smallest absolute Gasteiger partial charge is 0.327 e. The lowest BCUT2D eigenvalue weighted by atomic mass is 10.3. The van der Waals surface area contributed by atoms with Crippen molar-refractivity contribution in [2.24, 2.45) is 0 Å². The molecule has 1 aliphatic carbocycles. The molecule has 0 spiro atoms. The maximum Gasteiger partial charge on any atom is 0.327 e. The molecule has 5 nitrogen and oxygen atoms in total. The number of carbonyl (C=O) groups excluding carboxylic acids is 1. The molecule has 0 unspecified atom stereocenters. The Hall–Kier alpha value is -0.630. The Bertz CT molecular complexity index is 547. The van der Waals surface area contributed by atoms with Crippen LogP contribution in [0.5, 0.6) is 0 Å². The second kappa shape index (κ2) is 4.24. The molecule has 1 heterocycles. The number of sulfonamides is 1. The van der Waals surface area contributed by atoms with Gasteiger partial charge in [-0.2, -0.15) is 4.72 Å². The van der Waals surface area contributed by atoms with Gasteiger partial charge in [0.05, 0.1) is 11.4 Å². The Labute approximate surface area is 108 Å². The molecule has 1 aromatic rings. The normalized spacial score (nSPS) is 17.8. The van der Waals surface area contributed by atoms with Crippen LogP contribution in [0.15, 0.2) is 16.3 Å². The van der Waals surface area contributed by atoms with E-state index in [0.717, 1.165) is 11.3 Å². The molecule has 1 fully saturated rings. The summed E-state index contributed by atoms with van der Waals surface area (Å²) in [5.74, 6) is -0.552. The van der Waals surface area contributed by atoms with Gasteiger partial charge in [-0.15, -0.1) is 11.3 Å². The second-order valence-electron chi connectivity index (χ2n) is 3.74. The highest BCUT2D eigenvalue weighted by Crippen LogP contribution is 2.38. The van der Waals surface area contributed by atoms with Crippen LogP contribution in [-0.4, -0.2) is 27.0 Å². The van der Waals surface area contributed by atoms with Crippen LogP contribution < -0.4 is 4.72 Å². The molecule has 0 aromatic carbocycles. The molecular formula is C9H10ClNO4S2. The fourth-order valence-electron chi connectivity index (χ4n) is 1.42. The third-order valence-corrected chi connectivity index (χ3v) is 5.73. The zero-order valence-corrected chi connectivity index (χ0v) is 11.3. The van der Waals surface area contributed by atoms with Gasteiger partial charge in [-0.3, -0.25) is 4.79 Å². The molecule has 1 aromatic heterocycles. The largest absolute Gasteiger partial charge is 0.468 e. The maximum atomic E-state index is 12.0. The van der Waals surface area contributed by atoms with E-state index in [1.165, 1.54) is 19.2 Å². The molecule has 0 bridgehead atoms. The lowest BCUT2D eigenvalue weighted by Crippen LogP contribution is -2.43. The van der Waals surface area contributed by atoms with Gasteiger partial charge >= 0.3 is 5.97 Å². The quantitative estimate of drug-likeness (QED) is 0.852. The van der Waals surface area contributed by atoms with E-state index in [1.54, 1.807) is 0 Å². The van der Waals surface area contributed by atoms with Gasteiger partial charge in [-0.1, -0.05) is 11.6 Å². The zero-order chi connectivity index (χ0) is 12.7. The van der Waals surface area contributed by atoms with Crippen molar-refractivity contribution in [3.05, 3.63) is 16.5 Å². The Balaban J connectivity index is 2.22. The van der Waals surface area contributed by atoms with E-state index in [4.69, 9.17) is 11.6 Å². The highest BCUT2D eigenvalue weighted by Gasteiger charge is 2.54. The lowest BCUT2D eigenvalue weighted by molar-refractivity contribution is -0.143. The van der Waals surface area contributed by atoms with Crippen molar-refractivity contribution in [3.8, 4) is 0 Å². The minimum atomic E-state index is -3.71. The highest BCUT2D eigenvalue weighted by molar-refractivity contribution is 7.91. The number of esters is 1. The molecular weight excluding hydrogens is 286 g/mol. The first-order chi connectivity index (χ1) is 7.89. The van der Waals surface area contributed by atoms with E-state index in [2.05, 4.69) is 9.46 Å². The predicted molar refractivity (Wildman–Crippen MR) is 63.6 cm³/mol. The molecule has 94 valence electrons. The number of thiophene rings is 1. The first-order valence-corrected chi connectivity index (χ1v) is 7.45. The summed E-state index contributed by atoms with van der Waals surface area (Å²) in [5, 5.41) is 0. The fraction of sp³-hybridized carbons (Fsp3) is 0.444. The van der Waals surface area contributed by atoms with Crippen LogP contribution in [0.1, 0.15) is 12.8 Å². The molecule has 17 heavy (non-hydrogen) atoms. The molecule has 0 amide bonds. The first-order valence-electron chi connectivity index (χ1n) is 4.77. The Morgan fingerprint density at radius 1 is 1.53 bits per heavy atom. The van der Waals surface area contributed by atoms with Crippen LogP contribution >= 0.6 is 22.9 Å². The van der Waals surface area contributed by atoms with Crippen LogP contribution in [0, 0.1) is 0 Å². The van der Waals surface area contributed by atoms with Gasteiger partial charge in [0, 0.05) is 0 Å². The first kappa shape index (κ1) is 12.8. The van der Waals surface area contributed by atoms with Gasteiger partial charge < -0.3 is 4.74 Å². The molecule has 1 N–H and O–H groups in total. The van der Waals surface area contributed by atoms with E-state index in [0.29, 0.717) is 17.2 Å². The minimum Gasteiger partial charge on any atom is -0.468 e. The topological polar surface area (TPSA) is 72.5 Å². The number of nitrogens with one attached hydrogen (secondary N) is 1. The average molecular weight is 296 g/mol. The van der Waals surface area contributed by atoms with Crippen molar-refractivity contribution >= 4 is 38.9 Å². The van der Waals surface area contributed by atoms with Crippen molar-refractivity contribution in [2.45, 2.75) is 22.6 Å². The van der Waals surface area contributed by atoms with Crippen molar-refractivity contribution in [2.75, 3.05) is 7.11 Å². The van der Waals surface area contributed by atoms with E-state index < -0.39 is 21.5 Å². The maximum absolute atomic E-state index is 12.0. The Kier molecular flexibility index (Phi) is 3.19. The summed E-state index contributed by atoms with van der Waals surface area (Å²) in [6.07, 6.45) is 0.913. The average Bonchev–Trinajstić information content (AvgIpc) is 2.89. The van der Waals surface area contributed by atoms with E-state index in [-0.39, 0.29) is 4.21 Å². The van der Waals surface area contributed by atoms with Crippen LogP contribution in [0.25, 0.3) is 0 Å². The molecule has 0 saturated heterocycles. The molecule has 2 rings (SSSR count). The van der Waals surface area contributed by atoms with Crippen molar-refractivity contribution in [3.63, 3.8) is 0 Å². The monoisotopic (exact) mass is 295 g/mol. The predicted octanol–water partition coefficient (Wildman–Crippen LogP) is 1.39. The summed E-state index contributed by atoms with van der Waals surface area (Å²) in [4.78, 5) is 11.4. The van der Waals surface area contributed by atoms with Crippen molar-refractivity contribution in [1.29, 1.82) is 0 Å². The number of rotatable bonds is 4. The lowest BCUT2D eigenvalue weighted by Gasteiger charge is -2.13. The van der Waals surface area contributed by atoms with Gasteiger partial charge in [-0.05, 0) is 25.0 Å². The summed E-state index contributed by atoms with van der Waals surface area (Å²) in [6, 6.07) is 2.90.